The first-order valence-electron chi connectivity index (χ1n) is 13.6. The minimum atomic E-state index is -4.39. The largest absolute Gasteiger partial charge is 0.416 e. The fraction of sp³-hybridized carbons (Fsp3) is 0.483. The number of benzene rings is 2. The summed E-state index contributed by atoms with van der Waals surface area (Å²) in [5, 5.41) is 12.1. The van der Waals surface area contributed by atoms with Crippen molar-refractivity contribution in [2.24, 2.45) is 0 Å². The summed E-state index contributed by atoms with van der Waals surface area (Å²) in [7, 11) is 0. The number of likely N-dealkylation sites (tertiary alicyclic amines) is 1. The summed E-state index contributed by atoms with van der Waals surface area (Å²) < 4.78 is 46.5. The summed E-state index contributed by atoms with van der Waals surface area (Å²) in [4.78, 5) is 15.8. The van der Waals surface area contributed by atoms with Crippen LogP contribution in [0.3, 0.4) is 0 Å². The molecule has 1 N–H and O–H groups in total. The lowest BCUT2D eigenvalue weighted by atomic mass is 9.98. The highest BCUT2D eigenvalue weighted by Crippen LogP contribution is 2.35. The fourth-order valence-electron chi connectivity index (χ4n) is 5.44. The molecule has 0 saturated carbocycles. The van der Waals surface area contributed by atoms with Gasteiger partial charge in [0.25, 0.3) is 5.91 Å². The van der Waals surface area contributed by atoms with Gasteiger partial charge in [0.05, 0.1) is 30.0 Å². The Morgan fingerprint density at radius 1 is 1.00 bits per heavy atom. The lowest BCUT2D eigenvalue weighted by Crippen LogP contribution is -2.35. The molecule has 39 heavy (non-hydrogen) atoms. The van der Waals surface area contributed by atoms with Crippen LogP contribution in [0.25, 0.3) is 0 Å². The van der Waals surface area contributed by atoms with Crippen LogP contribution in [0.15, 0.2) is 54.7 Å². The normalized spacial score (nSPS) is 19.2. The van der Waals surface area contributed by atoms with Crippen LogP contribution in [0.2, 0.25) is 0 Å². The summed E-state index contributed by atoms with van der Waals surface area (Å²) >= 11 is 0. The van der Waals surface area contributed by atoms with Gasteiger partial charge < -0.3 is 15.0 Å². The number of hydrogen-bond acceptors (Lipinski definition) is 5. The molecule has 7 nitrogen and oxygen atoms in total. The van der Waals surface area contributed by atoms with Gasteiger partial charge >= 0.3 is 6.18 Å². The van der Waals surface area contributed by atoms with Crippen LogP contribution < -0.4 is 5.32 Å². The Labute approximate surface area is 226 Å². The predicted octanol–water partition coefficient (Wildman–Crippen LogP) is 5.37. The van der Waals surface area contributed by atoms with E-state index >= 15 is 0 Å². The topological polar surface area (TPSA) is 72.3 Å². The number of nitrogens with one attached hydrogen (secondary N) is 1. The van der Waals surface area contributed by atoms with Crippen LogP contribution in [-0.2, 0) is 24.0 Å². The molecule has 1 aromatic heterocycles. The van der Waals surface area contributed by atoms with E-state index in [4.69, 9.17) is 4.74 Å². The van der Waals surface area contributed by atoms with E-state index in [0.29, 0.717) is 37.7 Å². The second-order valence-corrected chi connectivity index (χ2v) is 10.3. The van der Waals surface area contributed by atoms with Crippen molar-refractivity contribution in [2.75, 3.05) is 19.8 Å². The molecule has 0 spiro atoms. The SMILES string of the molecule is O=C(c1ccccc1Cn1cc(CNC2CCOCC2)nn1)N1CCCCCC1c1ccc(C(F)(F)F)cc1. The van der Waals surface area contributed by atoms with Gasteiger partial charge in [0, 0.05) is 37.9 Å². The number of amides is 1. The van der Waals surface area contributed by atoms with Crippen molar-refractivity contribution >= 4 is 5.91 Å². The van der Waals surface area contributed by atoms with Crippen LogP contribution in [0.5, 0.6) is 0 Å². The molecule has 3 aromatic rings. The molecule has 2 fully saturated rings. The first-order chi connectivity index (χ1) is 18.9. The van der Waals surface area contributed by atoms with Crippen LogP contribution in [0.1, 0.15) is 77.3 Å². The Kier molecular flexibility index (Phi) is 8.62. The summed E-state index contributed by atoms with van der Waals surface area (Å²) in [6, 6.07) is 12.8. The molecule has 2 aliphatic rings. The van der Waals surface area contributed by atoms with Gasteiger partial charge in [-0.2, -0.15) is 13.2 Å². The van der Waals surface area contributed by atoms with Crippen molar-refractivity contribution < 1.29 is 22.7 Å². The standard InChI is InChI=1S/C29H34F3N5O2/c30-29(31,32)23-11-9-21(10-12-23)27-8-2-1-5-15-37(27)28(38)26-7-4-3-6-22(26)19-36-20-25(34-35-36)18-33-24-13-16-39-17-14-24/h3-4,6-7,9-12,20,24,27,33H,1-2,5,8,13-19H2. The molecule has 1 atom stereocenters. The van der Waals surface area contributed by atoms with Gasteiger partial charge in [0.2, 0.25) is 0 Å². The number of rotatable bonds is 7. The van der Waals surface area contributed by atoms with Gasteiger partial charge in [-0.15, -0.1) is 5.10 Å². The summed E-state index contributed by atoms with van der Waals surface area (Å²) in [6.07, 6.45) is 2.93. The van der Waals surface area contributed by atoms with Gasteiger partial charge in [0.15, 0.2) is 0 Å². The Hall–Kier alpha value is -3.24. The van der Waals surface area contributed by atoms with E-state index < -0.39 is 11.7 Å². The third-order valence-electron chi connectivity index (χ3n) is 7.60. The molecule has 0 radical (unpaired) electrons. The van der Waals surface area contributed by atoms with Crippen LogP contribution in [0, 0.1) is 0 Å². The van der Waals surface area contributed by atoms with Gasteiger partial charge in [0.1, 0.15) is 0 Å². The lowest BCUT2D eigenvalue weighted by molar-refractivity contribution is -0.137. The summed E-state index contributed by atoms with van der Waals surface area (Å²) in [6.45, 7) is 3.11. The van der Waals surface area contributed by atoms with Gasteiger partial charge in [-0.05, 0) is 55.0 Å². The van der Waals surface area contributed by atoms with Crippen LogP contribution in [0.4, 0.5) is 13.2 Å². The van der Waals surface area contributed by atoms with Crippen LogP contribution in [-0.4, -0.2) is 51.6 Å². The highest BCUT2D eigenvalue weighted by atomic mass is 19.4. The van der Waals surface area contributed by atoms with Crippen molar-refractivity contribution in [1.82, 2.24) is 25.2 Å². The fourth-order valence-corrected chi connectivity index (χ4v) is 5.44. The molecule has 3 heterocycles. The number of hydrogen-bond donors (Lipinski definition) is 1. The van der Waals surface area contributed by atoms with Gasteiger partial charge in [-0.1, -0.05) is 48.4 Å². The van der Waals surface area contributed by atoms with Crippen LogP contribution >= 0.6 is 0 Å². The zero-order chi connectivity index (χ0) is 27.2. The molecule has 2 aromatic carbocycles. The number of carbonyl (C=O) groups is 1. The Morgan fingerprint density at radius 3 is 2.54 bits per heavy atom. The minimum absolute atomic E-state index is 0.112. The lowest BCUT2D eigenvalue weighted by Gasteiger charge is -2.31. The monoisotopic (exact) mass is 541 g/mol. The van der Waals surface area contributed by atoms with E-state index in [9.17, 15) is 18.0 Å². The van der Waals surface area contributed by atoms with Crippen molar-refractivity contribution in [2.45, 2.75) is 69.9 Å². The van der Waals surface area contributed by atoms with Crippen molar-refractivity contribution in [3.05, 3.63) is 82.7 Å². The van der Waals surface area contributed by atoms with E-state index in [-0.39, 0.29) is 11.9 Å². The molecule has 5 rings (SSSR count). The number of halogens is 3. The van der Waals surface area contributed by atoms with Gasteiger partial charge in [-0.3, -0.25) is 4.79 Å². The van der Waals surface area contributed by atoms with E-state index in [1.165, 1.54) is 12.1 Å². The van der Waals surface area contributed by atoms with Gasteiger partial charge in [-0.25, -0.2) is 4.68 Å². The highest BCUT2D eigenvalue weighted by molar-refractivity contribution is 5.96. The molecule has 2 aliphatic heterocycles. The maximum absolute atomic E-state index is 13.9. The number of ether oxygens (including phenoxy) is 1. The molecule has 0 bridgehead atoms. The van der Waals surface area contributed by atoms with Crippen molar-refractivity contribution in [1.29, 1.82) is 0 Å². The van der Waals surface area contributed by atoms with E-state index in [0.717, 1.165) is 74.3 Å². The molecule has 2 saturated heterocycles. The third kappa shape index (κ3) is 6.86. The first-order valence-corrected chi connectivity index (χ1v) is 13.6. The maximum atomic E-state index is 13.9. The third-order valence-corrected chi connectivity index (χ3v) is 7.60. The Morgan fingerprint density at radius 2 is 1.77 bits per heavy atom. The maximum Gasteiger partial charge on any atom is 0.416 e. The Bertz CT molecular complexity index is 1240. The zero-order valence-corrected chi connectivity index (χ0v) is 21.9. The highest BCUT2D eigenvalue weighted by Gasteiger charge is 2.32. The zero-order valence-electron chi connectivity index (χ0n) is 21.9. The molecular formula is C29H34F3N5O2. The average molecular weight is 542 g/mol. The average Bonchev–Trinajstić information content (AvgIpc) is 3.25. The quantitative estimate of drug-likeness (QED) is 0.436. The first kappa shape index (κ1) is 27.3. The number of carbonyl (C=O) groups excluding carboxylic acids is 1. The second kappa shape index (κ2) is 12.3. The molecule has 1 amide bonds. The van der Waals surface area contributed by atoms with E-state index in [2.05, 4.69) is 15.6 Å². The van der Waals surface area contributed by atoms with Crippen molar-refractivity contribution in [3.63, 3.8) is 0 Å². The summed E-state index contributed by atoms with van der Waals surface area (Å²) in [5.74, 6) is -0.112. The second-order valence-electron chi connectivity index (χ2n) is 10.3. The molecule has 208 valence electrons. The number of alkyl halides is 3. The molecule has 0 aliphatic carbocycles. The minimum Gasteiger partial charge on any atom is -0.381 e. The number of aromatic nitrogens is 3. The Balaban J connectivity index is 1.31. The van der Waals surface area contributed by atoms with E-state index in [1.54, 1.807) is 4.68 Å². The number of nitrogens with zero attached hydrogens (tertiary/aromatic N) is 4. The van der Waals surface area contributed by atoms with E-state index in [1.807, 2.05) is 35.4 Å². The molecule has 10 heteroatoms. The van der Waals surface area contributed by atoms with Crippen molar-refractivity contribution in [3.8, 4) is 0 Å². The molecule has 1 unspecified atom stereocenters. The summed E-state index contributed by atoms with van der Waals surface area (Å²) in [5.41, 5.74) is 2.28. The molecular weight excluding hydrogens is 507 g/mol. The predicted molar refractivity (Wildman–Crippen MR) is 140 cm³/mol. The smallest absolute Gasteiger partial charge is 0.381 e.